The number of nitrogens with zero attached hydrogens (tertiary/aromatic N) is 1. The Morgan fingerprint density at radius 3 is 2.79 bits per heavy atom. The van der Waals surface area contributed by atoms with Gasteiger partial charge >= 0.3 is 0 Å². The number of fused-ring (bicyclic) bond motifs is 1. The highest BCUT2D eigenvalue weighted by atomic mass is 16.5. The molecule has 3 heteroatoms. The van der Waals surface area contributed by atoms with Gasteiger partial charge in [-0.05, 0) is 32.4 Å². The number of rotatable bonds is 6. The molecule has 0 aliphatic rings. The average molecular weight is 258 g/mol. The fraction of sp³-hybridized carbons (Fsp3) is 0.438. The summed E-state index contributed by atoms with van der Waals surface area (Å²) in [6, 6.07) is 10.4. The molecule has 102 valence electrons. The lowest BCUT2D eigenvalue weighted by atomic mass is 10.1. The molecule has 2 aromatic rings. The Morgan fingerprint density at radius 2 is 2.05 bits per heavy atom. The van der Waals surface area contributed by atoms with E-state index in [0.717, 1.165) is 35.2 Å². The third-order valence-electron chi connectivity index (χ3n) is 2.92. The van der Waals surface area contributed by atoms with Crippen molar-refractivity contribution in [2.24, 2.45) is 0 Å². The summed E-state index contributed by atoms with van der Waals surface area (Å²) in [6.45, 7) is 7.78. The van der Waals surface area contributed by atoms with Gasteiger partial charge in [-0.25, -0.2) is 4.98 Å². The van der Waals surface area contributed by atoms with Gasteiger partial charge in [-0.15, -0.1) is 0 Å². The minimum atomic E-state index is 0.227. The van der Waals surface area contributed by atoms with Crippen LogP contribution in [0.4, 0.5) is 5.82 Å². The molecule has 2 rings (SSSR count). The fourth-order valence-corrected chi connectivity index (χ4v) is 1.92. The molecule has 0 saturated heterocycles. The van der Waals surface area contributed by atoms with E-state index in [4.69, 9.17) is 9.72 Å². The maximum Gasteiger partial charge on any atom is 0.132 e. The van der Waals surface area contributed by atoms with Gasteiger partial charge < -0.3 is 10.1 Å². The van der Waals surface area contributed by atoms with E-state index in [9.17, 15) is 0 Å². The first-order valence-electron chi connectivity index (χ1n) is 6.95. The fourth-order valence-electron chi connectivity index (χ4n) is 1.92. The largest absolute Gasteiger partial charge is 0.374 e. The lowest BCUT2D eigenvalue weighted by Crippen LogP contribution is -2.09. The zero-order valence-electron chi connectivity index (χ0n) is 11.9. The van der Waals surface area contributed by atoms with Gasteiger partial charge in [-0.3, -0.25) is 0 Å². The van der Waals surface area contributed by atoms with E-state index in [0.29, 0.717) is 6.61 Å². The molecule has 0 bridgehead atoms. The molecule has 0 radical (unpaired) electrons. The molecule has 0 fully saturated rings. The third-order valence-corrected chi connectivity index (χ3v) is 2.92. The zero-order chi connectivity index (χ0) is 13.7. The van der Waals surface area contributed by atoms with E-state index in [1.165, 1.54) is 0 Å². The molecule has 0 aliphatic heterocycles. The van der Waals surface area contributed by atoms with Gasteiger partial charge in [0.2, 0.25) is 0 Å². The maximum atomic E-state index is 5.72. The van der Waals surface area contributed by atoms with Crippen LogP contribution in [-0.2, 0) is 11.3 Å². The van der Waals surface area contributed by atoms with Gasteiger partial charge in [-0.1, -0.05) is 25.1 Å². The summed E-state index contributed by atoms with van der Waals surface area (Å²) in [5.41, 5.74) is 2.15. The lowest BCUT2D eigenvalue weighted by Gasteiger charge is -2.14. The van der Waals surface area contributed by atoms with E-state index in [1.807, 2.05) is 32.0 Å². The van der Waals surface area contributed by atoms with Crippen LogP contribution >= 0.6 is 0 Å². The quantitative estimate of drug-likeness (QED) is 0.851. The van der Waals surface area contributed by atoms with E-state index < -0.39 is 0 Å². The van der Waals surface area contributed by atoms with E-state index in [1.54, 1.807) is 0 Å². The molecule has 0 aliphatic carbocycles. The summed E-state index contributed by atoms with van der Waals surface area (Å²) in [5.74, 6) is 0.946. The van der Waals surface area contributed by atoms with Crippen LogP contribution in [0, 0.1) is 0 Å². The van der Waals surface area contributed by atoms with Crippen LogP contribution in [0.25, 0.3) is 10.9 Å². The number of nitrogens with one attached hydrogen (secondary N) is 1. The predicted octanol–water partition coefficient (Wildman–Crippen LogP) is 3.98. The summed E-state index contributed by atoms with van der Waals surface area (Å²) in [4.78, 5) is 4.70. The Morgan fingerprint density at radius 1 is 1.26 bits per heavy atom. The molecule has 1 N–H and O–H groups in total. The lowest BCUT2D eigenvalue weighted by molar-refractivity contribution is 0.0660. The molecule has 1 heterocycles. The number of anilines is 1. The van der Waals surface area contributed by atoms with Crippen LogP contribution in [0.15, 0.2) is 30.3 Å². The van der Waals surface area contributed by atoms with Gasteiger partial charge in [0.05, 0.1) is 18.2 Å². The minimum absolute atomic E-state index is 0.227. The number of aromatic nitrogens is 1. The van der Waals surface area contributed by atoms with Crippen molar-refractivity contribution in [1.29, 1.82) is 0 Å². The van der Waals surface area contributed by atoms with E-state index in [-0.39, 0.29) is 6.10 Å². The molecular formula is C16H22N2O. The Balaban J connectivity index is 2.32. The van der Waals surface area contributed by atoms with Crippen LogP contribution in [0.3, 0.4) is 0 Å². The topological polar surface area (TPSA) is 34.2 Å². The van der Waals surface area contributed by atoms with Gasteiger partial charge in [-0.2, -0.15) is 0 Å². The van der Waals surface area contributed by atoms with Gasteiger partial charge in [0.1, 0.15) is 5.82 Å². The van der Waals surface area contributed by atoms with Crippen molar-refractivity contribution in [3.05, 3.63) is 35.9 Å². The first-order valence-corrected chi connectivity index (χ1v) is 6.95. The van der Waals surface area contributed by atoms with Crippen molar-refractivity contribution in [1.82, 2.24) is 4.98 Å². The Hall–Kier alpha value is -1.61. The minimum Gasteiger partial charge on any atom is -0.374 e. The van der Waals surface area contributed by atoms with Crippen molar-refractivity contribution in [3.8, 4) is 0 Å². The average Bonchev–Trinajstić information content (AvgIpc) is 2.42. The molecule has 0 atom stereocenters. The van der Waals surface area contributed by atoms with Crippen molar-refractivity contribution in [2.45, 2.75) is 39.9 Å². The van der Waals surface area contributed by atoms with Crippen molar-refractivity contribution in [2.75, 3.05) is 11.9 Å². The summed E-state index contributed by atoms with van der Waals surface area (Å²) in [6.07, 6.45) is 1.31. The second kappa shape index (κ2) is 6.53. The van der Waals surface area contributed by atoms with Gasteiger partial charge in [0, 0.05) is 17.5 Å². The van der Waals surface area contributed by atoms with Crippen molar-refractivity contribution < 1.29 is 4.74 Å². The predicted molar refractivity (Wildman–Crippen MR) is 80.4 cm³/mol. The molecule has 0 unspecified atom stereocenters. The van der Waals surface area contributed by atoms with Crippen LogP contribution in [0.5, 0.6) is 0 Å². The second-order valence-electron chi connectivity index (χ2n) is 4.98. The summed E-state index contributed by atoms with van der Waals surface area (Å²) in [7, 11) is 0. The smallest absolute Gasteiger partial charge is 0.132 e. The SMILES string of the molecule is CCCNc1nc2ccccc2cc1COC(C)C. The molecule has 0 saturated carbocycles. The van der Waals surface area contributed by atoms with Gasteiger partial charge in [0.15, 0.2) is 0 Å². The summed E-state index contributed by atoms with van der Waals surface area (Å²) >= 11 is 0. The molecule has 1 aromatic heterocycles. The van der Waals surface area contributed by atoms with Crippen molar-refractivity contribution >= 4 is 16.7 Å². The number of para-hydroxylation sites is 1. The van der Waals surface area contributed by atoms with Crippen LogP contribution in [-0.4, -0.2) is 17.6 Å². The standard InChI is InChI=1S/C16H22N2O/c1-4-9-17-16-14(11-19-12(2)3)10-13-7-5-6-8-15(13)18-16/h5-8,10,12H,4,9,11H2,1-3H3,(H,17,18). The number of benzene rings is 1. The molecule has 0 spiro atoms. The molecule has 1 aromatic carbocycles. The van der Waals surface area contributed by atoms with Crippen LogP contribution in [0.1, 0.15) is 32.8 Å². The molecule has 0 amide bonds. The number of pyridine rings is 1. The Bertz CT molecular complexity index is 537. The normalized spacial score (nSPS) is 11.2. The van der Waals surface area contributed by atoms with Gasteiger partial charge in [0.25, 0.3) is 0 Å². The second-order valence-corrected chi connectivity index (χ2v) is 4.98. The summed E-state index contributed by atoms with van der Waals surface area (Å²) in [5, 5.41) is 4.55. The molecule has 19 heavy (non-hydrogen) atoms. The Labute approximate surface area is 115 Å². The van der Waals surface area contributed by atoms with Crippen molar-refractivity contribution in [3.63, 3.8) is 0 Å². The third kappa shape index (κ3) is 3.67. The Kier molecular flexibility index (Phi) is 4.74. The van der Waals surface area contributed by atoms with Crippen LogP contribution < -0.4 is 5.32 Å². The highest BCUT2D eigenvalue weighted by molar-refractivity contribution is 5.81. The van der Waals surface area contributed by atoms with E-state index >= 15 is 0 Å². The van der Waals surface area contributed by atoms with E-state index in [2.05, 4.69) is 24.4 Å². The number of hydrogen-bond donors (Lipinski definition) is 1. The highest BCUT2D eigenvalue weighted by Gasteiger charge is 2.07. The number of ether oxygens (including phenoxy) is 1. The monoisotopic (exact) mass is 258 g/mol. The summed E-state index contributed by atoms with van der Waals surface area (Å²) < 4.78 is 5.72. The molecular weight excluding hydrogens is 236 g/mol. The first-order chi connectivity index (χ1) is 9.20. The first kappa shape index (κ1) is 13.8. The van der Waals surface area contributed by atoms with Crippen LogP contribution in [0.2, 0.25) is 0 Å². The molecule has 3 nitrogen and oxygen atoms in total. The maximum absolute atomic E-state index is 5.72. The highest BCUT2D eigenvalue weighted by Crippen LogP contribution is 2.21. The zero-order valence-corrected chi connectivity index (χ0v) is 11.9. The number of hydrogen-bond acceptors (Lipinski definition) is 3.